The van der Waals surface area contributed by atoms with Gasteiger partial charge in [0.1, 0.15) is 19.2 Å². The van der Waals surface area contributed by atoms with Crippen LogP contribution in [-0.4, -0.2) is 48.4 Å². The van der Waals surface area contributed by atoms with E-state index in [4.69, 9.17) is 4.74 Å². The molecule has 0 spiro atoms. The lowest BCUT2D eigenvalue weighted by Crippen LogP contribution is -2.53. The highest BCUT2D eigenvalue weighted by atomic mass is 16.5. The Morgan fingerprint density at radius 3 is 2.42 bits per heavy atom. The number of rotatable bonds is 8. The van der Waals surface area contributed by atoms with Crippen molar-refractivity contribution < 1.29 is 29.0 Å². The van der Waals surface area contributed by atoms with E-state index in [1.807, 2.05) is 6.07 Å². The summed E-state index contributed by atoms with van der Waals surface area (Å²) < 4.78 is 9.66. The van der Waals surface area contributed by atoms with E-state index in [1.165, 1.54) is 6.92 Å². The zero-order valence-corrected chi connectivity index (χ0v) is 13.7. The average Bonchev–Trinajstić information content (AvgIpc) is 2.56. The van der Waals surface area contributed by atoms with E-state index in [2.05, 4.69) is 15.4 Å². The Morgan fingerprint density at radius 2 is 1.83 bits per heavy atom. The molecule has 0 heterocycles. The van der Waals surface area contributed by atoms with Gasteiger partial charge < -0.3 is 25.2 Å². The first-order valence-electron chi connectivity index (χ1n) is 7.52. The molecular formula is C16H22N2O6. The molecule has 24 heavy (non-hydrogen) atoms. The van der Waals surface area contributed by atoms with Crippen LogP contribution in [0.2, 0.25) is 0 Å². The maximum absolute atomic E-state index is 12.0. The number of nitrogens with one attached hydrogen (secondary N) is 2. The number of esters is 1. The van der Waals surface area contributed by atoms with Crippen molar-refractivity contribution in [1.82, 2.24) is 10.6 Å². The van der Waals surface area contributed by atoms with Gasteiger partial charge in [-0.05, 0) is 19.4 Å². The number of benzene rings is 1. The number of hydrogen-bond acceptors (Lipinski definition) is 6. The van der Waals surface area contributed by atoms with Crippen LogP contribution >= 0.6 is 0 Å². The minimum atomic E-state index is -1.25. The molecule has 3 N–H and O–H groups in total. The quantitative estimate of drug-likeness (QED) is 0.589. The Bertz CT molecular complexity index is 547. The lowest BCUT2D eigenvalue weighted by Gasteiger charge is -2.20. The largest absolute Gasteiger partial charge is 0.465 e. The number of carbonyl (C=O) groups is 3. The molecule has 8 nitrogen and oxygen atoms in total. The van der Waals surface area contributed by atoms with Gasteiger partial charge in [-0.15, -0.1) is 0 Å². The Hall–Kier alpha value is -2.61. The monoisotopic (exact) mass is 338 g/mol. The summed E-state index contributed by atoms with van der Waals surface area (Å²) in [6.45, 7) is 2.85. The maximum atomic E-state index is 12.0. The number of amides is 2. The van der Waals surface area contributed by atoms with Crippen molar-refractivity contribution in [2.75, 3.05) is 13.2 Å². The Balaban J connectivity index is 2.47. The van der Waals surface area contributed by atoms with Gasteiger partial charge in [-0.3, -0.25) is 9.59 Å². The summed E-state index contributed by atoms with van der Waals surface area (Å²) in [5.41, 5.74) is 0.785. The Labute approximate surface area is 140 Å². The lowest BCUT2D eigenvalue weighted by atomic mass is 10.1. The number of hydrogen-bond donors (Lipinski definition) is 3. The van der Waals surface area contributed by atoms with E-state index in [0.717, 1.165) is 5.56 Å². The SMILES string of the molecule is CCOC(=O)CNC(=O)C(NC(=O)OCc1ccccc1)C(C)O. The Morgan fingerprint density at radius 1 is 1.17 bits per heavy atom. The minimum Gasteiger partial charge on any atom is -0.465 e. The first kappa shape index (κ1) is 19.4. The topological polar surface area (TPSA) is 114 Å². The molecule has 2 unspecified atom stereocenters. The molecule has 0 bridgehead atoms. The number of aliphatic hydroxyl groups is 1. The van der Waals surface area contributed by atoms with Crippen molar-refractivity contribution in [3.8, 4) is 0 Å². The molecule has 0 aromatic heterocycles. The minimum absolute atomic E-state index is 0.0314. The number of alkyl carbamates (subject to hydrolysis) is 1. The van der Waals surface area contributed by atoms with E-state index in [1.54, 1.807) is 31.2 Å². The summed E-state index contributed by atoms with van der Waals surface area (Å²) in [7, 11) is 0. The predicted octanol–water partition coefficient (Wildman–Crippen LogP) is 0.341. The fourth-order valence-corrected chi connectivity index (χ4v) is 1.78. The van der Waals surface area contributed by atoms with Crippen LogP contribution in [0.3, 0.4) is 0 Å². The predicted molar refractivity (Wildman–Crippen MR) is 84.9 cm³/mol. The van der Waals surface area contributed by atoms with Crippen LogP contribution in [0.4, 0.5) is 4.79 Å². The Kier molecular flexibility index (Phi) is 8.28. The zero-order valence-electron chi connectivity index (χ0n) is 13.7. The van der Waals surface area contributed by atoms with Crippen LogP contribution < -0.4 is 10.6 Å². The molecular weight excluding hydrogens is 316 g/mol. The fraction of sp³-hybridized carbons (Fsp3) is 0.438. The summed E-state index contributed by atoms with van der Waals surface area (Å²) >= 11 is 0. The first-order chi connectivity index (χ1) is 11.4. The summed E-state index contributed by atoms with van der Waals surface area (Å²) in [5.74, 6) is -1.32. The maximum Gasteiger partial charge on any atom is 0.408 e. The molecule has 0 radical (unpaired) electrons. The van der Waals surface area contributed by atoms with E-state index in [9.17, 15) is 19.5 Å². The molecule has 2 amide bonds. The molecule has 1 aromatic rings. The number of ether oxygens (including phenoxy) is 2. The molecule has 0 saturated heterocycles. The lowest BCUT2D eigenvalue weighted by molar-refractivity contribution is -0.143. The third kappa shape index (κ3) is 7.10. The second-order valence-corrected chi connectivity index (χ2v) is 4.95. The summed E-state index contributed by atoms with van der Waals surface area (Å²) in [6.07, 6.45) is -2.02. The molecule has 0 fully saturated rings. The van der Waals surface area contributed by atoms with Gasteiger partial charge in [0.15, 0.2) is 0 Å². The highest BCUT2D eigenvalue weighted by molar-refractivity contribution is 5.88. The van der Waals surface area contributed by atoms with E-state index in [0.29, 0.717) is 0 Å². The molecule has 0 aliphatic heterocycles. The highest BCUT2D eigenvalue weighted by Crippen LogP contribution is 2.01. The van der Waals surface area contributed by atoms with Crippen molar-refractivity contribution in [2.24, 2.45) is 0 Å². The van der Waals surface area contributed by atoms with Crippen LogP contribution in [0.1, 0.15) is 19.4 Å². The molecule has 1 rings (SSSR count). The third-order valence-corrected chi connectivity index (χ3v) is 2.96. The van der Waals surface area contributed by atoms with Crippen LogP contribution in [-0.2, 0) is 25.7 Å². The van der Waals surface area contributed by atoms with E-state index in [-0.39, 0.29) is 19.8 Å². The van der Waals surface area contributed by atoms with E-state index < -0.39 is 30.1 Å². The number of carbonyl (C=O) groups excluding carboxylic acids is 3. The van der Waals surface area contributed by atoms with Crippen molar-refractivity contribution in [3.05, 3.63) is 35.9 Å². The van der Waals surface area contributed by atoms with Crippen molar-refractivity contribution in [2.45, 2.75) is 32.6 Å². The van der Waals surface area contributed by atoms with Crippen molar-refractivity contribution in [1.29, 1.82) is 0 Å². The van der Waals surface area contributed by atoms with Crippen LogP contribution in [0.5, 0.6) is 0 Å². The van der Waals surface area contributed by atoms with Gasteiger partial charge in [-0.2, -0.15) is 0 Å². The number of aliphatic hydroxyl groups excluding tert-OH is 1. The van der Waals surface area contributed by atoms with Crippen LogP contribution in [0.25, 0.3) is 0 Å². The van der Waals surface area contributed by atoms with Gasteiger partial charge in [-0.1, -0.05) is 30.3 Å². The molecule has 0 aliphatic carbocycles. The standard InChI is InChI=1S/C16H22N2O6/c1-3-23-13(20)9-17-15(21)14(11(2)19)18-16(22)24-10-12-7-5-4-6-8-12/h4-8,11,14,19H,3,9-10H2,1-2H3,(H,17,21)(H,18,22). The van der Waals surface area contributed by atoms with Gasteiger partial charge in [0.05, 0.1) is 12.7 Å². The van der Waals surface area contributed by atoms with Crippen molar-refractivity contribution >= 4 is 18.0 Å². The second kappa shape index (κ2) is 10.2. The molecule has 0 saturated carbocycles. The third-order valence-electron chi connectivity index (χ3n) is 2.96. The molecule has 8 heteroatoms. The average molecular weight is 338 g/mol. The zero-order chi connectivity index (χ0) is 17.9. The smallest absolute Gasteiger partial charge is 0.408 e. The molecule has 1 aromatic carbocycles. The second-order valence-electron chi connectivity index (χ2n) is 4.95. The first-order valence-corrected chi connectivity index (χ1v) is 7.52. The van der Waals surface area contributed by atoms with Gasteiger partial charge >= 0.3 is 12.1 Å². The molecule has 2 atom stereocenters. The normalized spacial score (nSPS) is 12.6. The highest BCUT2D eigenvalue weighted by Gasteiger charge is 2.26. The summed E-state index contributed by atoms with van der Waals surface area (Å²) in [5, 5.41) is 14.2. The molecule has 0 aliphatic rings. The van der Waals surface area contributed by atoms with Crippen LogP contribution in [0.15, 0.2) is 30.3 Å². The van der Waals surface area contributed by atoms with Gasteiger partial charge in [0.2, 0.25) is 5.91 Å². The van der Waals surface area contributed by atoms with Gasteiger partial charge in [-0.25, -0.2) is 4.79 Å². The molecule has 132 valence electrons. The summed E-state index contributed by atoms with van der Waals surface area (Å²) in [6, 6.07) is 7.76. The van der Waals surface area contributed by atoms with Crippen molar-refractivity contribution in [3.63, 3.8) is 0 Å². The fourth-order valence-electron chi connectivity index (χ4n) is 1.78. The van der Waals surface area contributed by atoms with Gasteiger partial charge in [0.25, 0.3) is 0 Å². The van der Waals surface area contributed by atoms with Gasteiger partial charge in [0, 0.05) is 0 Å². The van der Waals surface area contributed by atoms with Crippen LogP contribution in [0, 0.1) is 0 Å². The van der Waals surface area contributed by atoms with E-state index >= 15 is 0 Å². The summed E-state index contributed by atoms with van der Waals surface area (Å²) in [4.78, 5) is 34.9.